The molecule has 21 heavy (non-hydrogen) atoms. The second-order valence-electron chi connectivity index (χ2n) is 5.00. The Morgan fingerprint density at radius 3 is 2.43 bits per heavy atom. The van der Waals surface area contributed by atoms with E-state index in [1.165, 1.54) is 10.4 Å². The van der Waals surface area contributed by atoms with Crippen LogP contribution in [-0.2, 0) is 0 Å². The molecule has 3 rings (SSSR count). The first-order chi connectivity index (χ1) is 10.3. The fourth-order valence-corrected chi connectivity index (χ4v) is 3.16. The molecule has 0 aliphatic carbocycles. The lowest BCUT2D eigenvalue weighted by Gasteiger charge is -2.23. The van der Waals surface area contributed by atoms with Gasteiger partial charge in [0.25, 0.3) is 0 Å². The van der Waals surface area contributed by atoms with Crippen molar-refractivity contribution in [1.82, 2.24) is 10.3 Å². The van der Waals surface area contributed by atoms with Crippen molar-refractivity contribution in [2.75, 3.05) is 0 Å². The summed E-state index contributed by atoms with van der Waals surface area (Å²) in [6, 6.07) is 21.2. The summed E-state index contributed by atoms with van der Waals surface area (Å²) in [7, 11) is 0. The van der Waals surface area contributed by atoms with Gasteiger partial charge in [-0.2, -0.15) is 0 Å². The Labute approximate surface area is 129 Å². The van der Waals surface area contributed by atoms with Crippen LogP contribution in [0.3, 0.4) is 0 Å². The zero-order chi connectivity index (χ0) is 14.5. The van der Waals surface area contributed by atoms with E-state index in [-0.39, 0.29) is 12.1 Å². The van der Waals surface area contributed by atoms with E-state index in [2.05, 4.69) is 65.1 Å². The summed E-state index contributed by atoms with van der Waals surface area (Å²) in [5.41, 5.74) is 2.28. The van der Waals surface area contributed by atoms with Crippen molar-refractivity contribution < 1.29 is 0 Å². The third-order valence-corrected chi connectivity index (χ3v) is 4.56. The number of hydrogen-bond acceptors (Lipinski definition) is 3. The molecule has 2 nitrogen and oxygen atoms in total. The second kappa shape index (κ2) is 6.66. The van der Waals surface area contributed by atoms with Crippen molar-refractivity contribution in [3.05, 3.63) is 88.4 Å². The molecule has 0 bridgehead atoms. The number of nitrogens with zero attached hydrogens (tertiary/aromatic N) is 1. The Hall–Kier alpha value is -1.97. The summed E-state index contributed by atoms with van der Waals surface area (Å²) >= 11 is 1.78. The van der Waals surface area contributed by atoms with Crippen LogP contribution in [0.1, 0.15) is 35.1 Å². The average molecular weight is 294 g/mol. The van der Waals surface area contributed by atoms with E-state index < -0.39 is 0 Å². The molecule has 0 saturated carbocycles. The molecule has 0 amide bonds. The fourth-order valence-electron chi connectivity index (χ4n) is 2.41. The van der Waals surface area contributed by atoms with Gasteiger partial charge in [-0.3, -0.25) is 10.3 Å². The molecule has 1 aromatic carbocycles. The standard InChI is InChI=1S/C18H18N2S/c1-14(17-11-7-13-21-17)20-18(15-8-3-2-4-9-15)16-10-5-6-12-19-16/h2-14,18,20H,1H3. The van der Waals surface area contributed by atoms with Crippen LogP contribution in [0.2, 0.25) is 0 Å². The van der Waals surface area contributed by atoms with Gasteiger partial charge in [0.15, 0.2) is 0 Å². The fraction of sp³-hybridized carbons (Fsp3) is 0.167. The largest absolute Gasteiger partial charge is 0.298 e. The summed E-state index contributed by atoms with van der Waals surface area (Å²) in [6.07, 6.45) is 1.85. The highest BCUT2D eigenvalue weighted by molar-refractivity contribution is 7.10. The maximum absolute atomic E-state index is 4.53. The monoisotopic (exact) mass is 294 g/mol. The third kappa shape index (κ3) is 3.38. The number of hydrogen-bond donors (Lipinski definition) is 1. The number of nitrogens with one attached hydrogen (secondary N) is 1. The lowest BCUT2D eigenvalue weighted by Crippen LogP contribution is -2.25. The van der Waals surface area contributed by atoms with Gasteiger partial charge < -0.3 is 0 Å². The minimum Gasteiger partial charge on any atom is -0.298 e. The smallest absolute Gasteiger partial charge is 0.0756 e. The van der Waals surface area contributed by atoms with Crippen LogP contribution in [-0.4, -0.2) is 4.98 Å². The van der Waals surface area contributed by atoms with Gasteiger partial charge in [-0.15, -0.1) is 11.3 Å². The van der Waals surface area contributed by atoms with Gasteiger partial charge in [0.1, 0.15) is 0 Å². The number of pyridine rings is 1. The van der Waals surface area contributed by atoms with Crippen LogP contribution in [0.15, 0.2) is 72.2 Å². The minimum atomic E-state index is 0.101. The Balaban J connectivity index is 1.90. The van der Waals surface area contributed by atoms with Crippen LogP contribution < -0.4 is 5.32 Å². The quantitative estimate of drug-likeness (QED) is 0.745. The first kappa shape index (κ1) is 14.0. The summed E-state index contributed by atoms with van der Waals surface area (Å²) < 4.78 is 0. The summed E-state index contributed by atoms with van der Waals surface area (Å²) in [4.78, 5) is 5.87. The molecule has 106 valence electrons. The summed E-state index contributed by atoms with van der Waals surface area (Å²) in [6.45, 7) is 2.20. The number of thiophene rings is 1. The van der Waals surface area contributed by atoms with Gasteiger partial charge in [0.2, 0.25) is 0 Å². The lowest BCUT2D eigenvalue weighted by molar-refractivity contribution is 0.514. The van der Waals surface area contributed by atoms with Gasteiger partial charge in [-0.05, 0) is 36.1 Å². The predicted octanol–water partition coefficient (Wildman–Crippen LogP) is 4.58. The lowest BCUT2D eigenvalue weighted by atomic mass is 10.0. The Morgan fingerprint density at radius 2 is 1.76 bits per heavy atom. The number of aromatic nitrogens is 1. The highest BCUT2D eigenvalue weighted by Gasteiger charge is 2.18. The Kier molecular flexibility index (Phi) is 4.43. The molecule has 1 N–H and O–H groups in total. The summed E-state index contributed by atoms with van der Waals surface area (Å²) in [5, 5.41) is 5.82. The minimum absolute atomic E-state index is 0.101. The van der Waals surface area contributed by atoms with Crippen LogP contribution >= 0.6 is 11.3 Å². The van der Waals surface area contributed by atoms with Gasteiger partial charge >= 0.3 is 0 Å². The van der Waals surface area contributed by atoms with E-state index in [4.69, 9.17) is 0 Å². The highest BCUT2D eigenvalue weighted by atomic mass is 32.1. The molecule has 0 aliphatic rings. The second-order valence-corrected chi connectivity index (χ2v) is 5.98. The molecule has 0 saturated heterocycles. The predicted molar refractivity (Wildman–Crippen MR) is 88.4 cm³/mol. The maximum atomic E-state index is 4.53. The third-order valence-electron chi connectivity index (χ3n) is 3.50. The Morgan fingerprint density at radius 1 is 0.952 bits per heavy atom. The molecule has 3 heteroatoms. The topological polar surface area (TPSA) is 24.9 Å². The van der Waals surface area contributed by atoms with E-state index in [1.54, 1.807) is 11.3 Å². The van der Waals surface area contributed by atoms with Crippen molar-refractivity contribution in [2.45, 2.75) is 19.0 Å². The van der Waals surface area contributed by atoms with E-state index >= 15 is 0 Å². The first-order valence-corrected chi connectivity index (χ1v) is 7.98. The molecule has 2 heterocycles. The van der Waals surface area contributed by atoms with Crippen molar-refractivity contribution in [3.8, 4) is 0 Å². The van der Waals surface area contributed by atoms with Gasteiger partial charge in [-0.1, -0.05) is 42.5 Å². The zero-order valence-electron chi connectivity index (χ0n) is 11.9. The van der Waals surface area contributed by atoms with E-state index in [0.29, 0.717) is 0 Å². The maximum Gasteiger partial charge on any atom is 0.0756 e. The molecule has 2 unspecified atom stereocenters. The molecule has 3 aromatic rings. The first-order valence-electron chi connectivity index (χ1n) is 7.10. The van der Waals surface area contributed by atoms with E-state index in [9.17, 15) is 0 Å². The van der Waals surface area contributed by atoms with Crippen molar-refractivity contribution >= 4 is 11.3 Å². The zero-order valence-corrected chi connectivity index (χ0v) is 12.8. The van der Waals surface area contributed by atoms with Gasteiger partial charge in [0.05, 0.1) is 11.7 Å². The molecule has 0 spiro atoms. The average Bonchev–Trinajstić information content (AvgIpc) is 3.09. The summed E-state index contributed by atoms with van der Waals surface area (Å²) in [5.74, 6) is 0. The normalized spacial score (nSPS) is 13.8. The molecule has 0 aliphatic heterocycles. The van der Waals surface area contributed by atoms with Crippen molar-refractivity contribution in [2.24, 2.45) is 0 Å². The van der Waals surface area contributed by atoms with Crippen molar-refractivity contribution in [1.29, 1.82) is 0 Å². The van der Waals surface area contributed by atoms with E-state index in [0.717, 1.165) is 5.69 Å². The highest BCUT2D eigenvalue weighted by Crippen LogP contribution is 2.26. The number of rotatable bonds is 5. The molecular weight excluding hydrogens is 276 g/mol. The molecule has 2 atom stereocenters. The van der Waals surface area contributed by atoms with Crippen LogP contribution in [0.25, 0.3) is 0 Å². The Bertz CT molecular complexity index is 611. The van der Waals surface area contributed by atoms with Crippen molar-refractivity contribution in [3.63, 3.8) is 0 Å². The van der Waals surface area contributed by atoms with Gasteiger partial charge in [0, 0.05) is 17.1 Å². The number of benzene rings is 1. The van der Waals surface area contributed by atoms with Crippen LogP contribution in [0, 0.1) is 0 Å². The SMILES string of the molecule is CC(NC(c1ccccc1)c1ccccn1)c1cccs1. The van der Waals surface area contributed by atoms with Gasteiger partial charge in [-0.25, -0.2) is 0 Å². The van der Waals surface area contributed by atoms with Crippen LogP contribution in [0.4, 0.5) is 0 Å². The molecule has 0 fully saturated rings. The van der Waals surface area contributed by atoms with Crippen LogP contribution in [0.5, 0.6) is 0 Å². The molecule has 2 aromatic heterocycles. The van der Waals surface area contributed by atoms with E-state index in [1.807, 2.05) is 24.4 Å². The molecular formula is C18H18N2S. The molecule has 0 radical (unpaired) electrons.